The molecule has 0 spiro atoms. The standard InChI is InChI=1S/C9H10ClN5S/c1-5-6(10)4-15(14-5)8-3-7(11)12-9(13-8)16-2/h3-4H,1-2H3,(H2,11,12,13). The minimum absolute atomic E-state index is 0.415. The highest BCUT2D eigenvalue weighted by atomic mass is 35.5. The second kappa shape index (κ2) is 4.31. The molecule has 0 aliphatic heterocycles. The van der Waals surface area contributed by atoms with Gasteiger partial charge in [-0.25, -0.2) is 14.6 Å². The third kappa shape index (κ3) is 2.12. The van der Waals surface area contributed by atoms with Crippen molar-refractivity contribution in [3.8, 4) is 5.82 Å². The lowest BCUT2D eigenvalue weighted by atomic mass is 10.5. The van der Waals surface area contributed by atoms with Gasteiger partial charge in [-0.3, -0.25) is 0 Å². The van der Waals surface area contributed by atoms with Crippen molar-refractivity contribution in [1.82, 2.24) is 19.7 Å². The Bertz CT molecular complexity index is 505. The topological polar surface area (TPSA) is 69.6 Å². The van der Waals surface area contributed by atoms with Crippen molar-refractivity contribution in [2.75, 3.05) is 12.0 Å². The van der Waals surface area contributed by atoms with Crippen LogP contribution in [0, 0.1) is 6.92 Å². The third-order valence-corrected chi connectivity index (χ3v) is 2.89. The molecular formula is C9H10ClN5S. The molecule has 5 nitrogen and oxygen atoms in total. The molecule has 0 atom stereocenters. The molecule has 0 bridgehead atoms. The second-order valence-corrected chi connectivity index (χ2v) is 4.33. The molecule has 7 heteroatoms. The van der Waals surface area contributed by atoms with Gasteiger partial charge in [-0.15, -0.1) is 0 Å². The maximum Gasteiger partial charge on any atom is 0.191 e. The number of nitrogens with two attached hydrogens (primary N) is 1. The molecule has 16 heavy (non-hydrogen) atoms. The zero-order chi connectivity index (χ0) is 11.7. The summed E-state index contributed by atoms with van der Waals surface area (Å²) in [5.74, 6) is 1.03. The van der Waals surface area contributed by atoms with Gasteiger partial charge < -0.3 is 5.73 Å². The van der Waals surface area contributed by atoms with Crippen molar-refractivity contribution >= 4 is 29.2 Å². The third-order valence-electron chi connectivity index (χ3n) is 1.97. The molecule has 2 aromatic rings. The van der Waals surface area contributed by atoms with Crippen LogP contribution in [0.2, 0.25) is 5.02 Å². The average Bonchev–Trinajstić information content (AvgIpc) is 2.58. The van der Waals surface area contributed by atoms with Crippen LogP contribution in [0.4, 0.5) is 5.82 Å². The Morgan fingerprint density at radius 3 is 2.75 bits per heavy atom. The quantitative estimate of drug-likeness (QED) is 0.656. The van der Waals surface area contributed by atoms with Crippen molar-refractivity contribution in [3.05, 3.63) is 23.0 Å². The molecule has 0 aromatic carbocycles. The summed E-state index contributed by atoms with van der Waals surface area (Å²) in [6, 6.07) is 1.66. The van der Waals surface area contributed by atoms with Crippen LogP contribution in [0.5, 0.6) is 0 Å². The zero-order valence-electron chi connectivity index (χ0n) is 8.81. The summed E-state index contributed by atoms with van der Waals surface area (Å²) < 4.78 is 1.59. The van der Waals surface area contributed by atoms with Crippen molar-refractivity contribution in [2.24, 2.45) is 0 Å². The smallest absolute Gasteiger partial charge is 0.191 e. The summed E-state index contributed by atoms with van der Waals surface area (Å²) in [6.45, 7) is 1.83. The maximum atomic E-state index is 5.93. The first-order chi connectivity index (χ1) is 7.60. The lowest BCUT2D eigenvalue weighted by Crippen LogP contribution is -2.03. The van der Waals surface area contributed by atoms with Gasteiger partial charge >= 0.3 is 0 Å². The van der Waals surface area contributed by atoms with E-state index in [0.29, 0.717) is 21.8 Å². The van der Waals surface area contributed by atoms with Crippen molar-refractivity contribution in [1.29, 1.82) is 0 Å². The Morgan fingerprint density at radius 1 is 1.44 bits per heavy atom. The minimum atomic E-state index is 0.415. The number of aromatic nitrogens is 4. The van der Waals surface area contributed by atoms with E-state index in [1.807, 2.05) is 13.2 Å². The van der Waals surface area contributed by atoms with Crippen LogP contribution in [-0.2, 0) is 0 Å². The van der Waals surface area contributed by atoms with Gasteiger partial charge in [0.15, 0.2) is 11.0 Å². The van der Waals surface area contributed by atoms with E-state index in [-0.39, 0.29) is 0 Å². The molecule has 0 radical (unpaired) electrons. The number of anilines is 1. The fourth-order valence-corrected chi connectivity index (χ4v) is 1.71. The van der Waals surface area contributed by atoms with Gasteiger partial charge in [0.05, 0.1) is 16.9 Å². The van der Waals surface area contributed by atoms with Gasteiger partial charge in [-0.2, -0.15) is 5.10 Å². The highest BCUT2D eigenvalue weighted by Gasteiger charge is 2.07. The summed E-state index contributed by atoms with van der Waals surface area (Å²) in [7, 11) is 0. The molecule has 2 heterocycles. The minimum Gasteiger partial charge on any atom is -0.383 e. The first kappa shape index (κ1) is 11.2. The molecular weight excluding hydrogens is 246 g/mol. The van der Waals surface area contributed by atoms with E-state index < -0.39 is 0 Å². The van der Waals surface area contributed by atoms with E-state index >= 15 is 0 Å². The maximum absolute atomic E-state index is 5.93. The van der Waals surface area contributed by atoms with E-state index in [0.717, 1.165) is 5.69 Å². The van der Waals surface area contributed by atoms with Crippen LogP contribution >= 0.6 is 23.4 Å². The summed E-state index contributed by atoms with van der Waals surface area (Å²) in [6.07, 6.45) is 3.59. The number of hydrogen-bond acceptors (Lipinski definition) is 5. The molecule has 2 N–H and O–H groups in total. The summed E-state index contributed by atoms with van der Waals surface area (Å²) >= 11 is 7.36. The fourth-order valence-electron chi connectivity index (χ4n) is 1.20. The largest absolute Gasteiger partial charge is 0.383 e. The second-order valence-electron chi connectivity index (χ2n) is 3.14. The highest BCUT2D eigenvalue weighted by Crippen LogP contribution is 2.18. The van der Waals surface area contributed by atoms with Gasteiger partial charge in [0.1, 0.15) is 5.82 Å². The van der Waals surface area contributed by atoms with E-state index in [9.17, 15) is 0 Å². The molecule has 84 valence electrons. The first-order valence-corrected chi connectivity index (χ1v) is 6.11. The average molecular weight is 256 g/mol. The van der Waals surface area contributed by atoms with Crippen LogP contribution in [0.3, 0.4) is 0 Å². The first-order valence-electron chi connectivity index (χ1n) is 4.51. The molecule has 2 aromatic heterocycles. The molecule has 0 fully saturated rings. The normalized spacial score (nSPS) is 10.7. The Balaban J connectivity index is 2.50. The number of aryl methyl sites for hydroxylation is 1. The molecule has 0 aliphatic rings. The van der Waals surface area contributed by atoms with E-state index in [1.54, 1.807) is 16.9 Å². The predicted octanol–water partition coefficient (Wildman–Crippen LogP) is 1.93. The Labute approximate surface area is 102 Å². The van der Waals surface area contributed by atoms with E-state index in [4.69, 9.17) is 17.3 Å². The number of rotatable bonds is 2. The van der Waals surface area contributed by atoms with Gasteiger partial charge in [0.2, 0.25) is 0 Å². The number of hydrogen-bond donors (Lipinski definition) is 1. The van der Waals surface area contributed by atoms with Crippen LogP contribution < -0.4 is 5.73 Å². The van der Waals surface area contributed by atoms with Crippen LogP contribution in [0.25, 0.3) is 5.82 Å². The van der Waals surface area contributed by atoms with E-state index in [1.165, 1.54) is 11.8 Å². The summed E-state index contributed by atoms with van der Waals surface area (Å²) in [4.78, 5) is 8.35. The highest BCUT2D eigenvalue weighted by molar-refractivity contribution is 7.98. The van der Waals surface area contributed by atoms with Crippen LogP contribution in [0.15, 0.2) is 17.4 Å². The number of thioether (sulfide) groups is 1. The zero-order valence-corrected chi connectivity index (χ0v) is 10.4. The predicted molar refractivity (Wildman–Crippen MR) is 65.1 cm³/mol. The number of nitrogen functional groups attached to an aromatic ring is 1. The molecule has 2 rings (SSSR count). The molecule has 0 saturated carbocycles. The van der Waals surface area contributed by atoms with Crippen LogP contribution in [0.1, 0.15) is 5.69 Å². The fraction of sp³-hybridized carbons (Fsp3) is 0.222. The van der Waals surface area contributed by atoms with Gasteiger partial charge in [-0.1, -0.05) is 23.4 Å². The number of nitrogens with zero attached hydrogens (tertiary/aromatic N) is 4. The lowest BCUT2D eigenvalue weighted by molar-refractivity contribution is 0.800. The SMILES string of the molecule is CSc1nc(N)cc(-n2cc(Cl)c(C)n2)n1. The summed E-state index contributed by atoms with van der Waals surface area (Å²) in [5, 5.41) is 5.44. The van der Waals surface area contributed by atoms with Gasteiger partial charge in [-0.05, 0) is 13.2 Å². The Morgan fingerprint density at radius 2 is 2.19 bits per heavy atom. The molecule has 0 amide bonds. The van der Waals surface area contributed by atoms with Crippen molar-refractivity contribution in [2.45, 2.75) is 12.1 Å². The Hall–Kier alpha value is -1.27. The Kier molecular flexibility index (Phi) is 3.02. The molecule has 0 aliphatic carbocycles. The van der Waals surface area contributed by atoms with E-state index in [2.05, 4.69) is 15.1 Å². The van der Waals surface area contributed by atoms with Crippen molar-refractivity contribution in [3.63, 3.8) is 0 Å². The van der Waals surface area contributed by atoms with Gasteiger partial charge in [0, 0.05) is 6.07 Å². The lowest BCUT2D eigenvalue weighted by Gasteiger charge is -2.03. The monoisotopic (exact) mass is 255 g/mol. The molecule has 0 unspecified atom stereocenters. The molecule has 0 saturated heterocycles. The van der Waals surface area contributed by atoms with Crippen molar-refractivity contribution < 1.29 is 0 Å². The summed E-state index contributed by atoms with van der Waals surface area (Å²) in [5.41, 5.74) is 6.43. The van der Waals surface area contributed by atoms with Crippen LogP contribution in [-0.4, -0.2) is 26.0 Å². The number of halogens is 1. The van der Waals surface area contributed by atoms with Gasteiger partial charge in [0.25, 0.3) is 0 Å².